The van der Waals surface area contributed by atoms with E-state index < -0.39 is 0 Å². The molecule has 3 atom stereocenters. The van der Waals surface area contributed by atoms with Gasteiger partial charge in [0, 0.05) is 45.9 Å². The number of hydrogen-bond acceptors (Lipinski definition) is 10. The summed E-state index contributed by atoms with van der Waals surface area (Å²) in [7, 11) is 0. The number of pyridine rings is 2. The number of para-hydroxylation sites is 3. The van der Waals surface area contributed by atoms with Gasteiger partial charge in [-0.15, -0.1) is 22.7 Å². The minimum absolute atomic E-state index is 0.0391. The first-order valence-corrected chi connectivity index (χ1v) is 21.4. The summed E-state index contributed by atoms with van der Waals surface area (Å²) in [5, 5.41) is 8.12. The number of nitrogens with one attached hydrogen (secondary N) is 1. The van der Waals surface area contributed by atoms with Crippen LogP contribution in [0.3, 0.4) is 0 Å². The van der Waals surface area contributed by atoms with Gasteiger partial charge in [-0.25, -0.2) is 0 Å². The Hall–Kier alpha value is -5.00. The Morgan fingerprint density at radius 2 is 1.49 bits per heavy atom. The molecule has 1 aliphatic rings. The molecule has 276 valence electrons. The SMILES string of the molecule is C/C(=C\C(C)C(S)N(C1=CCC(N(c2ccccc2)c2ccc(Nc3ccccc3)s2)S1)c1ccnc2cccnc12)N(c1ccccc1)c1ccc(C)s1. The van der Waals surface area contributed by atoms with Crippen molar-refractivity contribution in [1.29, 1.82) is 0 Å². The molecule has 1 aliphatic heterocycles. The van der Waals surface area contributed by atoms with E-state index in [4.69, 9.17) is 17.6 Å². The van der Waals surface area contributed by atoms with Crippen LogP contribution in [-0.4, -0.2) is 20.7 Å². The maximum absolute atomic E-state index is 5.47. The van der Waals surface area contributed by atoms with Gasteiger partial charge in [-0.2, -0.15) is 12.6 Å². The second-order valence-corrected chi connectivity index (χ2v) is 17.4. The van der Waals surface area contributed by atoms with Crippen LogP contribution < -0.4 is 20.0 Å². The number of hydrogen-bond donors (Lipinski definition) is 2. The first-order chi connectivity index (χ1) is 26.9. The first kappa shape index (κ1) is 36.9. The van der Waals surface area contributed by atoms with E-state index in [1.54, 1.807) is 22.7 Å². The largest absolute Gasteiger partial charge is 0.347 e. The number of benzene rings is 3. The topological polar surface area (TPSA) is 47.5 Å². The van der Waals surface area contributed by atoms with Crippen molar-refractivity contribution in [3.63, 3.8) is 0 Å². The van der Waals surface area contributed by atoms with Crippen molar-refractivity contribution >= 4 is 95.9 Å². The number of thiophene rings is 2. The van der Waals surface area contributed by atoms with E-state index in [0.717, 1.165) is 55.9 Å². The molecule has 55 heavy (non-hydrogen) atoms. The standard InChI is InChI=1S/C45H42N6S4/c1-31(30-32(2)49(35-16-9-5-10-17-35)40-23-21-33(3)53-40)45(52)51(38-27-29-46-37-20-13-28-47-44(37)38)43-26-25-42(55-43)50(36-18-11-6-12-19-36)41-24-22-39(54-41)48-34-14-7-4-8-15-34/h4-24,26-31,42,45,48,52H,25H2,1-3H3/b32-30+. The number of allylic oxidation sites excluding steroid dienone is 1. The van der Waals surface area contributed by atoms with E-state index in [0.29, 0.717) is 0 Å². The van der Waals surface area contributed by atoms with Crippen LogP contribution in [0.5, 0.6) is 0 Å². The molecule has 0 spiro atoms. The fourth-order valence-corrected chi connectivity index (χ4v) is 10.7. The molecular weight excluding hydrogens is 753 g/mol. The lowest BCUT2D eigenvalue weighted by Gasteiger charge is -2.36. The maximum atomic E-state index is 5.47. The number of thiol groups is 1. The van der Waals surface area contributed by atoms with Crippen molar-refractivity contribution in [2.45, 2.75) is 37.9 Å². The van der Waals surface area contributed by atoms with Crippen LogP contribution >= 0.6 is 47.1 Å². The number of aryl methyl sites for hydroxylation is 1. The van der Waals surface area contributed by atoms with Gasteiger partial charge in [-0.05, 0) is 99.1 Å². The van der Waals surface area contributed by atoms with Crippen molar-refractivity contribution in [2.75, 3.05) is 20.0 Å². The van der Waals surface area contributed by atoms with Crippen LogP contribution in [0.15, 0.2) is 169 Å². The van der Waals surface area contributed by atoms with Gasteiger partial charge in [0.25, 0.3) is 0 Å². The number of thioether (sulfide) groups is 1. The van der Waals surface area contributed by atoms with Gasteiger partial charge in [-0.3, -0.25) is 9.97 Å². The molecule has 0 aliphatic carbocycles. The molecule has 6 nitrogen and oxygen atoms in total. The Bertz CT molecular complexity index is 2400. The van der Waals surface area contributed by atoms with Crippen LogP contribution in [0.25, 0.3) is 11.0 Å². The number of nitrogens with zero attached hydrogens (tertiary/aromatic N) is 5. The van der Waals surface area contributed by atoms with Crippen molar-refractivity contribution in [3.8, 4) is 0 Å². The minimum atomic E-state index is -0.212. The first-order valence-electron chi connectivity index (χ1n) is 18.3. The summed E-state index contributed by atoms with van der Waals surface area (Å²) >= 11 is 10.9. The third-order valence-electron chi connectivity index (χ3n) is 9.47. The summed E-state index contributed by atoms with van der Waals surface area (Å²) in [4.78, 5) is 18.0. The summed E-state index contributed by atoms with van der Waals surface area (Å²) in [6.45, 7) is 6.62. The Kier molecular flexibility index (Phi) is 11.3. The molecule has 0 saturated carbocycles. The third-order valence-corrected chi connectivity index (χ3v) is 13.4. The maximum Gasteiger partial charge on any atom is 0.112 e. The van der Waals surface area contributed by atoms with E-state index in [1.165, 1.54) is 14.9 Å². The lowest BCUT2D eigenvalue weighted by atomic mass is 10.1. The number of anilines is 7. The number of rotatable bonds is 13. The highest BCUT2D eigenvalue weighted by Gasteiger charge is 2.34. The average Bonchev–Trinajstić information content (AvgIpc) is 3.99. The monoisotopic (exact) mass is 794 g/mol. The van der Waals surface area contributed by atoms with Crippen LogP contribution in [0.1, 0.15) is 25.1 Å². The van der Waals surface area contributed by atoms with Gasteiger partial charge in [0.05, 0.1) is 42.0 Å². The molecule has 3 aromatic carbocycles. The highest BCUT2D eigenvalue weighted by atomic mass is 32.2. The van der Waals surface area contributed by atoms with Crippen molar-refractivity contribution < 1.29 is 0 Å². The second kappa shape index (κ2) is 16.8. The molecule has 0 saturated heterocycles. The van der Waals surface area contributed by atoms with E-state index >= 15 is 0 Å². The highest BCUT2D eigenvalue weighted by molar-refractivity contribution is 8.04. The lowest BCUT2D eigenvalue weighted by Crippen LogP contribution is -2.35. The molecule has 10 heteroatoms. The van der Waals surface area contributed by atoms with Gasteiger partial charge < -0.3 is 20.0 Å². The van der Waals surface area contributed by atoms with Crippen LogP contribution in [0, 0.1) is 12.8 Å². The average molecular weight is 795 g/mol. The van der Waals surface area contributed by atoms with E-state index in [9.17, 15) is 0 Å². The summed E-state index contributed by atoms with van der Waals surface area (Å²) in [5.74, 6) is 0.0391. The fourth-order valence-electron chi connectivity index (χ4n) is 6.91. The normalized spacial score (nSPS) is 15.4. The van der Waals surface area contributed by atoms with Gasteiger partial charge in [0.2, 0.25) is 0 Å². The van der Waals surface area contributed by atoms with Gasteiger partial charge in [0.15, 0.2) is 0 Å². The van der Waals surface area contributed by atoms with Crippen LogP contribution in [-0.2, 0) is 0 Å². The molecule has 5 heterocycles. The summed E-state index contributed by atoms with van der Waals surface area (Å²) in [6.07, 6.45) is 9.31. The summed E-state index contributed by atoms with van der Waals surface area (Å²) in [6, 6.07) is 46.5. The lowest BCUT2D eigenvalue weighted by molar-refractivity contribution is 0.668. The van der Waals surface area contributed by atoms with Crippen LogP contribution in [0.2, 0.25) is 0 Å². The third kappa shape index (κ3) is 8.18. The zero-order valence-corrected chi connectivity index (χ0v) is 34.2. The molecular formula is C45H42N6S4. The highest BCUT2D eigenvalue weighted by Crippen LogP contribution is 2.48. The van der Waals surface area contributed by atoms with Crippen LogP contribution in [0.4, 0.5) is 37.8 Å². The Morgan fingerprint density at radius 1 is 0.782 bits per heavy atom. The smallest absolute Gasteiger partial charge is 0.112 e. The molecule has 8 rings (SSSR count). The van der Waals surface area contributed by atoms with Crippen molar-refractivity contribution in [2.24, 2.45) is 5.92 Å². The van der Waals surface area contributed by atoms with Gasteiger partial charge in [-0.1, -0.05) is 85.4 Å². The summed E-state index contributed by atoms with van der Waals surface area (Å²) < 4.78 is 0. The summed E-state index contributed by atoms with van der Waals surface area (Å²) in [5.41, 5.74) is 7.23. The molecule has 0 fully saturated rings. The molecule has 7 aromatic rings. The fraction of sp³-hybridized carbons (Fsp3) is 0.156. The molecule has 1 N–H and O–H groups in total. The quantitative estimate of drug-likeness (QED) is 0.0890. The van der Waals surface area contributed by atoms with Gasteiger partial charge >= 0.3 is 0 Å². The molecule has 0 amide bonds. The Morgan fingerprint density at radius 3 is 2.22 bits per heavy atom. The van der Waals surface area contributed by atoms with E-state index in [2.05, 4.69) is 173 Å². The minimum Gasteiger partial charge on any atom is -0.347 e. The van der Waals surface area contributed by atoms with Crippen molar-refractivity contribution in [3.05, 3.63) is 174 Å². The van der Waals surface area contributed by atoms with E-state index in [-0.39, 0.29) is 16.7 Å². The number of fused-ring (bicyclic) bond motifs is 1. The Labute approximate surface area is 341 Å². The predicted octanol–water partition coefficient (Wildman–Crippen LogP) is 13.4. The number of aromatic nitrogens is 2. The Balaban J connectivity index is 1.13. The zero-order chi connectivity index (χ0) is 37.7. The predicted molar refractivity (Wildman–Crippen MR) is 242 cm³/mol. The zero-order valence-electron chi connectivity index (χ0n) is 30.9. The van der Waals surface area contributed by atoms with Crippen molar-refractivity contribution in [1.82, 2.24) is 9.97 Å². The molecule has 3 unspecified atom stereocenters. The van der Waals surface area contributed by atoms with E-state index in [1.807, 2.05) is 42.4 Å². The molecule has 0 radical (unpaired) electrons. The molecule has 0 bridgehead atoms. The second-order valence-electron chi connectivity index (χ2n) is 13.4. The molecule has 4 aromatic heterocycles. The van der Waals surface area contributed by atoms with Gasteiger partial charge in [0.1, 0.15) is 5.52 Å².